The van der Waals surface area contributed by atoms with Crippen LogP contribution < -0.4 is 5.32 Å². The molecule has 0 saturated carbocycles. The van der Waals surface area contributed by atoms with Crippen molar-refractivity contribution in [1.82, 2.24) is 0 Å². The van der Waals surface area contributed by atoms with Crippen molar-refractivity contribution >= 4 is 77.8 Å². The van der Waals surface area contributed by atoms with Gasteiger partial charge in [-0.25, -0.2) is 9.18 Å². The van der Waals surface area contributed by atoms with Crippen molar-refractivity contribution in [2.45, 2.75) is 10.6 Å². The zero-order chi connectivity index (χ0) is 25.8. The number of amides is 1. The SMILES string of the molecule is O=C(COC(=O)c1oc2ccccc2c1CSc1ccccc1F)Nc1c(Br)cc([N+](=O)[O-])cc1Br. The number of benzene rings is 3. The second-order valence-electron chi connectivity index (χ2n) is 7.29. The Kier molecular flexibility index (Phi) is 8.07. The number of thioether (sulfide) groups is 1. The molecule has 4 rings (SSSR count). The lowest BCUT2D eigenvalue weighted by atomic mass is 10.1. The predicted molar refractivity (Wildman–Crippen MR) is 140 cm³/mol. The molecule has 1 aromatic heterocycles. The molecule has 8 nitrogen and oxygen atoms in total. The lowest BCUT2D eigenvalue weighted by molar-refractivity contribution is -0.385. The van der Waals surface area contributed by atoms with Gasteiger partial charge in [0.25, 0.3) is 11.6 Å². The molecule has 4 aromatic rings. The average Bonchev–Trinajstić information content (AvgIpc) is 3.22. The molecule has 0 fully saturated rings. The molecule has 0 aliphatic carbocycles. The number of rotatable bonds is 8. The van der Waals surface area contributed by atoms with Gasteiger partial charge in [0.15, 0.2) is 6.61 Å². The summed E-state index contributed by atoms with van der Waals surface area (Å²) in [6.07, 6.45) is 0. The molecule has 36 heavy (non-hydrogen) atoms. The number of nitrogens with zero attached hydrogens (tertiary/aromatic N) is 1. The normalized spacial score (nSPS) is 10.9. The van der Waals surface area contributed by atoms with Crippen LogP contribution in [0.15, 0.2) is 78.9 Å². The Bertz CT molecular complexity index is 1470. The zero-order valence-corrected chi connectivity index (χ0v) is 22.1. The Hall–Kier alpha value is -3.22. The van der Waals surface area contributed by atoms with Gasteiger partial charge in [-0.05, 0) is 50.1 Å². The van der Waals surface area contributed by atoms with Gasteiger partial charge in [0.1, 0.15) is 11.4 Å². The summed E-state index contributed by atoms with van der Waals surface area (Å²) in [4.78, 5) is 36.1. The van der Waals surface area contributed by atoms with Gasteiger partial charge in [-0.2, -0.15) is 0 Å². The van der Waals surface area contributed by atoms with Crippen molar-refractivity contribution in [3.05, 3.63) is 96.9 Å². The monoisotopic (exact) mass is 636 g/mol. The average molecular weight is 638 g/mol. The molecule has 0 saturated heterocycles. The number of non-ortho nitro benzene ring substituents is 1. The molecule has 0 radical (unpaired) electrons. The van der Waals surface area contributed by atoms with Gasteiger partial charge >= 0.3 is 5.97 Å². The molecule has 1 heterocycles. The van der Waals surface area contributed by atoms with E-state index < -0.39 is 23.4 Å². The third-order valence-corrected chi connectivity index (χ3v) is 7.25. The van der Waals surface area contributed by atoms with Crippen molar-refractivity contribution in [2.24, 2.45) is 0 Å². The smallest absolute Gasteiger partial charge is 0.375 e. The maximum Gasteiger partial charge on any atom is 0.375 e. The number of furan rings is 1. The van der Waals surface area contributed by atoms with Gasteiger partial charge in [0.05, 0.1) is 10.6 Å². The highest BCUT2D eigenvalue weighted by atomic mass is 79.9. The fourth-order valence-corrected chi connectivity index (χ4v) is 5.60. The van der Waals surface area contributed by atoms with E-state index >= 15 is 0 Å². The van der Waals surface area contributed by atoms with Gasteiger partial charge < -0.3 is 14.5 Å². The van der Waals surface area contributed by atoms with Gasteiger partial charge in [0, 0.05) is 42.7 Å². The number of carbonyl (C=O) groups excluding carboxylic acids is 2. The lowest BCUT2D eigenvalue weighted by Gasteiger charge is -2.10. The Morgan fingerprint density at radius 3 is 2.44 bits per heavy atom. The van der Waals surface area contributed by atoms with Crippen LogP contribution in [0.4, 0.5) is 15.8 Å². The fraction of sp³-hybridized carbons (Fsp3) is 0.0833. The first kappa shape index (κ1) is 25.9. The molecule has 0 aliphatic rings. The van der Waals surface area contributed by atoms with Crippen molar-refractivity contribution in [2.75, 3.05) is 11.9 Å². The molecule has 0 atom stereocenters. The minimum Gasteiger partial charge on any atom is -0.450 e. The topological polar surface area (TPSA) is 112 Å². The number of hydrogen-bond donors (Lipinski definition) is 1. The lowest BCUT2D eigenvalue weighted by Crippen LogP contribution is -2.21. The fourth-order valence-electron chi connectivity index (χ4n) is 3.28. The first-order valence-corrected chi connectivity index (χ1v) is 12.8. The van der Waals surface area contributed by atoms with Crippen molar-refractivity contribution in [3.63, 3.8) is 0 Å². The summed E-state index contributed by atoms with van der Waals surface area (Å²) in [5, 5.41) is 14.2. The van der Waals surface area contributed by atoms with Crippen molar-refractivity contribution in [1.29, 1.82) is 0 Å². The van der Waals surface area contributed by atoms with E-state index in [0.29, 0.717) is 21.4 Å². The number of esters is 1. The summed E-state index contributed by atoms with van der Waals surface area (Å²) in [7, 11) is 0. The molecular weight excluding hydrogens is 623 g/mol. The Balaban J connectivity index is 1.48. The van der Waals surface area contributed by atoms with Crippen molar-refractivity contribution < 1.29 is 28.1 Å². The molecule has 0 spiro atoms. The summed E-state index contributed by atoms with van der Waals surface area (Å²) in [5.41, 5.74) is 1.04. The molecular formula is C24H15Br2FN2O6S. The minimum atomic E-state index is -0.854. The summed E-state index contributed by atoms with van der Waals surface area (Å²) in [6, 6.07) is 15.8. The summed E-state index contributed by atoms with van der Waals surface area (Å²) in [5.74, 6) is -1.74. The molecule has 184 valence electrons. The second-order valence-corrected chi connectivity index (χ2v) is 10.0. The van der Waals surface area contributed by atoms with E-state index in [1.165, 1.54) is 30.0 Å². The second kappa shape index (κ2) is 11.2. The van der Waals surface area contributed by atoms with E-state index in [2.05, 4.69) is 37.2 Å². The summed E-state index contributed by atoms with van der Waals surface area (Å²) < 4.78 is 25.5. The van der Waals surface area contributed by atoms with Crippen LogP contribution in [0.1, 0.15) is 16.1 Å². The number of nitrogens with one attached hydrogen (secondary N) is 1. The molecule has 0 bridgehead atoms. The van der Waals surface area contributed by atoms with Crippen LogP contribution in [0.3, 0.4) is 0 Å². The van der Waals surface area contributed by atoms with Gasteiger partial charge in [-0.1, -0.05) is 30.3 Å². The van der Waals surface area contributed by atoms with E-state index in [1.807, 2.05) is 0 Å². The Morgan fingerprint density at radius 2 is 1.75 bits per heavy atom. The number of nitro benzene ring substituents is 1. The van der Waals surface area contributed by atoms with E-state index in [-0.39, 0.29) is 37.7 Å². The largest absolute Gasteiger partial charge is 0.450 e. The maximum atomic E-state index is 14.1. The van der Waals surface area contributed by atoms with Crippen LogP contribution in [-0.2, 0) is 15.3 Å². The van der Waals surface area contributed by atoms with Gasteiger partial charge in [-0.3, -0.25) is 14.9 Å². The van der Waals surface area contributed by atoms with Gasteiger partial charge in [0.2, 0.25) is 5.76 Å². The Labute approximate surface area is 224 Å². The number of halogens is 3. The highest BCUT2D eigenvalue weighted by Gasteiger charge is 2.24. The van der Waals surface area contributed by atoms with E-state index in [9.17, 15) is 24.1 Å². The number of ether oxygens (including phenoxy) is 1. The standard InChI is InChI=1S/C24H15Br2FN2O6S/c25-16-9-13(29(32)33)10-17(26)22(16)28-21(30)11-34-24(31)23-15(14-5-1-3-7-19(14)35-23)12-36-20-8-4-2-6-18(20)27/h1-10H,11-12H2,(H,28,30). The number of anilines is 1. The van der Waals surface area contributed by atoms with E-state index in [0.717, 1.165) is 0 Å². The molecule has 1 N–H and O–H groups in total. The number of nitro groups is 1. The molecule has 0 aliphatic heterocycles. The molecule has 1 amide bonds. The van der Waals surface area contributed by atoms with Crippen LogP contribution in [0.5, 0.6) is 0 Å². The summed E-state index contributed by atoms with van der Waals surface area (Å²) >= 11 is 7.57. The highest BCUT2D eigenvalue weighted by Crippen LogP contribution is 2.36. The van der Waals surface area contributed by atoms with Crippen LogP contribution in [0, 0.1) is 15.9 Å². The maximum absolute atomic E-state index is 14.1. The van der Waals surface area contributed by atoms with E-state index in [1.54, 1.807) is 42.5 Å². The number of fused-ring (bicyclic) bond motifs is 1. The number of hydrogen-bond acceptors (Lipinski definition) is 7. The predicted octanol–water partition coefficient (Wildman–Crippen LogP) is 7.09. The third-order valence-electron chi connectivity index (χ3n) is 4.93. The third kappa shape index (κ3) is 5.77. The number of para-hydroxylation sites is 1. The minimum absolute atomic E-state index is 0.0782. The zero-order valence-electron chi connectivity index (χ0n) is 18.1. The quantitative estimate of drug-likeness (QED) is 0.0950. The van der Waals surface area contributed by atoms with Crippen LogP contribution >= 0.6 is 43.6 Å². The molecule has 0 unspecified atom stereocenters. The van der Waals surface area contributed by atoms with Crippen molar-refractivity contribution in [3.8, 4) is 0 Å². The van der Waals surface area contributed by atoms with Gasteiger partial charge in [-0.15, -0.1) is 11.8 Å². The van der Waals surface area contributed by atoms with Crippen LogP contribution in [-0.4, -0.2) is 23.4 Å². The Morgan fingerprint density at radius 1 is 1.08 bits per heavy atom. The van der Waals surface area contributed by atoms with Crippen LogP contribution in [0.2, 0.25) is 0 Å². The molecule has 12 heteroatoms. The van der Waals surface area contributed by atoms with E-state index in [4.69, 9.17) is 9.15 Å². The number of carbonyl (C=O) groups is 2. The summed E-state index contributed by atoms with van der Waals surface area (Å²) in [6.45, 7) is -0.633. The molecule has 3 aromatic carbocycles. The van der Waals surface area contributed by atoms with Crippen LogP contribution in [0.25, 0.3) is 11.0 Å². The highest BCUT2D eigenvalue weighted by molar-refractivity contribution is 9.11. The first-order chi connectivity index (χ1) is 17.2. The first-order valence-electron chi connectivity index (χ1n) is 10.2.